The first-order chi connectivity index (χ1) is 10.8. The molecule has 0 spiro atoms. The number of benzene rings is 2. The predicted molar refractivity (Wildman–Crippen MR) is 96.4 cm³/mol. The molecule has 7 heteroatoms. The summed E-state index contributed by atoms with van der Waals surface area (Å²) in [7, 11) is 0. The number of anilines is 1. The van der Waals surface area contributed by atoms with Crippen LogP contribution in [0.5, 0.6) is 5.75 Å². The first-order valence-electron chi connectivity index (χ1n) is 6.66. The Morgan fingerprint density at radius 3 is 2.43 bits per heavy atom. The van der Waals surface area contributed by atoms with Crippen molar-refractivity contribution >= 4 is 58.0 Å². The van der Waals surface area contributed by atoms with E-state index in [0.29, 0.717) is 37.1 Å². The maximum Gasteiger partial charge on any atom is 0.265 e. The predicted octanol–water partition coefficient (Wildman–Crippen LogP) is 6.01. The summed E-state index contributed by atoms with van der Waals surface area (Å²) >= 11 is 24.1. The maximum absolute atomic E-state index is 12.2. The molecule has 1 N–H and O–H groups in total. The largest absolute Gasteiger partial charge is 0.479 e. The van der Waals surface area contributed by atoms with Gasteiger partial charge in [-0.2, -0.15) is 0 Å². The Balaban J connectivity index is 2.11. The van der Waals surface area contributed by atoms with Crippen molar-refractivity contribution < 1.29 is 9.53 Å². The minimum absolute atomic E-state index is 0.373. The van der Waals surface area contributed by atoms with Crippen molar-refractivity contribution in [1.82, 2.24) is 0 Å². The van der Waals surface area contributed by atoms with Gasteiger partial charge in [0.1, 0.15) is 5.75 Å². The Labute approximate surface area is 154 Å². The molecule has 0 aliphatic heterocycles. The minimum Gasteiger partial charge on any atom is -0.479 e. The average Bonchev–Trinajstić information content (AvgIpc) is 2.51. The molecule has 0 fully saturated rings. The third-order valence-corrected chi connectivity index (χ3v) is 4.59. The lowest BCUT2D eigenvalue weighted by atomic mass is 10.2. The molecule has 0 radical (unpaired) electrons. The SMILES string of the molecule is Cc1c(Cl)ccc(OC(C)C(=O)Nc2cc(Cl)ccc2Cl)c1Cl. The van der Waals surface area contributed by atoms with Gasteiger partial charge in [-0.3, -0.25) is 4.79 Å². The van der Waals surface area contributed by atoms with Crippen LogP contribution in [0.3, 0.4) is 0 Å². The molecule has 1 unspecified atom stereocenters. The van der Waals surface area contributed by atoms with E-state index in [1.54, 1.807) is 44.2 Å². The van der Waals surface area contributed by atoms with Crippen molar-refractivity contribution in [2.24, 2.45) is 0 Å². The van der Waals surface area contributed by atoms with Crippen molar-refractivity contribution in [1.29, 1.82) is 0 Å². The fourth-order valence-electron chi connectivity index (χ4n) is 1.80. The van der Waals surface area contributed by atoms with Crippen LogP contribution in [-0.4, -0.2) is 12.0 Å². The van der Waals surface area contributed by atoms with Crippen LogP contribution in [0.15, 0.2) is 30.3 Å². The number of carbonyl (C=O) groups excluding carboxylic acids is 1. The summed E-state index contributed by atoms with van der Waals surface area (Å²) < 4.78 is 5.61. The Hall–Kier alpha value is -1.13. The lowest BCUT2D eigenvalue weighted by Gasteiger charge is -2.17. The summed E-state index contributed by atoms with van der Waals surface area (Å²) in [4.78, 5) is 12.2. The number of amides is 1. The maximum atomic E-state index is 12.2. The Morgan fingerprint density at radius 2 is 1.74 bits per heavy atom. The molecule has 0 saturated heterocycles. The van der Waals surface area contributed by atoms with E-state index in [1.807, 2.05) is 0 Å². The van der Waals surface area contributed by atoms with Crippen LogP contribution in [0.4, 0.5) is 5.69 Å². The van der Waals surface area contributed by atoms with Crippen LogP contribution >= 0.6 is 46.4 Å². The quantitative estimate of drug-likeness (QED) is 0.691. The Bertz CT molecular complexity index is 749. The summed E-state index contributed by atoms with van der Waals surface area (Å²) in [5.74, 6) is 0.00578. The fourth-order valence-corrected chi connectivity index (χ4v) is 2.55. The van der Waals surface area contributed by atoms with Crippen molar-refractivity contribution in [3.63, 3.8) is 0 Å². The molecule has 3 nitrogen and oxygen atoms in total. The second kappa shape index (κ2) is 7.63. The molecule has 23 heavy (non-hydrogen) atoms. The summed E-state index contributed by atoms with van der Waals surface area (Å²) in [6.07, 6.45) is -0.789. The van der Waals surface area contributed by atoms with Crippen molar-refractivity contribution in [3.05, 3.63) is 56.0 Å². The summed E-state index contributed by atoms with van der Waals surface area (Å²) in [5, 5.41) is 4.42. The van der Waals surface area contributed by atoms with Crippen LogP contribution in [0, 0.1) is 6.92 Å². The van der Waals surface area contributed by atoms with Gasteiger partial charge in [-0.05, 0) is 49.7 Å². The van der Waals surface area contributed by atoms with Crippen LogP contribution in [-0.2, 0) is 4.79 Å². The molecule has 0 aromatic heterocycles. The van der Waals surface area contributed by atoms with Gasteiger partial charge in [-0.1, -0.05) is 46.4 Å². The number of rotatable bonds is 4. The second-order valence-electron chi connectivity index (χ2n) is 4.86. The zero-order valence-electron chi connectivity index (χ0n) is 12.3. The highest BCUT2D eigenvalue weighted by Gasteiger charge is 2.18. The van der Waals surface area contributed by atoms with Gasteiger partial charge in [0.05, 0.1) is 15.7 Å². The molecule has 1 atom stereocenters. The van der Waals surface area contributed by atoms with Gasteiger partial charge in [0.15, 0.2) is 6.10 Å². The summed E-state index contributed by atoms with van der Waals surface area (Å²) in [6, 6.07) is 8.08. The molecule has 2 aromatic rings. The van der Waals surface area contributed by atoms with E-state index in [0.717, 1.165) is 0 Å². The van der Waals surface area contributed by atoms with Crippen molar-refractivity contribution in [2.45, 2.75) is 20.0 Å². The molecule has 0 heterocycles. The molecule has 1 amide bonds. The first kappa shape index (κ1) is 18.2. The topological polar surface area (TPSA) is 38.3 Å². The molecular weight excluding hydrogens is 380 g/mol. The van der Waals surface area contributed by atoms with Gasteiger partial charge < -0.3 is 10.1 Å². The lowest BCUT2D eigenvalue weighted by Crippen LogP contribution is -2.30. The van der Waals surface area contributed by atoms with Gasteiger partial charge in [0.2, 0.25) is 0 Å². The van der Waals surface area contributed by atoms with Crippen LogP contribution in [0.25, 0.3) is 0 Å². The summed E-state index contributed by atoms with van der Waals surface area (Å²) in [5.41, 5.74) is 1.11. The smallest absolute Gasteiger partial charge is 0.265 e. The second-order valence-corrected chi connectivity index (χ2v) is 6.49. The molecule has 0 bridgehead atoms. The molecule has 0 aliphatic carbocycles. The number of carbonyl (C=O) groups is 1. The first-order valence-corrected chi connectivity index (χ1v) is 8.18. The normalized spacial score (nSPS) is 11.9. The van der Waals surface area contributed by atoms with E-state index in [1.165, 1.54) is 0 Å². The Morgan fingerprint density at radius 1 is 1.09 bits per heavy atom. The van der Waals surface area contributed by atoms with Gasteiger partial charge >= 0.3 is 0 Å². The standard InChI is InChI=1S/C16H13Cl4NO2/c1-8-11(18)5-6-14(15(8)20)23-9(2)16(22)21-13-7-10(17)3-4-12(13)19/h3-7,9H,1-2H3,(H,21,22). The van der Waals surface area contributed by atoms with Crippen LogP contribution in [0.2, 0.25) is 20.1 Å². The molecule has 0 saturated carbocycles. The van der Waals surface area contributed by atoms with E-state index in [4.69, 9.17) is 51.1 Å². The molecular formula is C16H13Cl4NO2. The Kier molecular flexibility index (Phi) is 6.04. The van der Waals surface area contributed by atoms with Crippen molar-refractivity contribution in [2.75, 3.05) is 5.32 Å². The minimum atomic E-state index is -0.789. The van der Waals surface area contributed by atoms with E-state index in [2.05, 4.69) is 5.32 Å². The molecule has 2 rings (SSSR count). The number of hydrogen-bond acceptors (Lipinski definition) is 2. The highest BCUT2D eigenvalue weighted by atomic mass is 35.5. The molecule has 2 aromatic carbocycles. The van der Waals surface area contributed by atoms with E-state index in [-0.39, 0.29) is 5.91 Å². The van der Waals surface area contributed by atoms with E-state index in [9.17, 15) is 4.79 Å². The van der Waals surface area contributed by atoms with Crippen LogP contribution in [0.1, 0.15) is 12.5 Å². The third-order valence-electron chi connectivity index (χ3n) is 3.14. The van der Waals surface area contributed by atoms with Crippen LogP contribution < -0.4 is 10.1 Å². The van der Waals surface area contributed by atoms with E-state index < -0.39 is 6.10 Å². The molecule has 0 aliphatic rings. The van der Waals surface area contributed by atoms with Gasteiger partial charge in [-0.25, -0.2) is 0 Å². The highest BCUT2D eigenvalue weighted by molar-refractivity contribution is 6.37. The third kappa shape index (κ3) is 4.45. The zero-order chi connectivity index (χ0) is 17.1. The van der Waals surface area contributed by atoms with Crippen molar-refractivity contribution in [3.8, 4) is 5.75 Å². The van der Waals surface area contributed by atoms with Gasteiger partial charge in [-0.15, -0.1) is 0 Å². The number of hydrogen-bond donors (Lipinski definition) is 1. The number of ether oxygens (including phenoxy) is 1. The average molecular weight is 393 g/mol. The zero-order valence-corrected chi connectivity index (χ0v) is 15.3. The van der Waals surface area contributed by atoms with Gasteiger partial charge in [0, 0.05) is 10.0 Å². The lowest BCUT2D eigenvalue weighted by molar-refractivity contribution is -0.122. The molecule has 122 valence electrons. The summed E-state index contributed by atoms with van der Waals surface area (Å²) in [6.45, 7) is 3.38. The highest BCUT2D eigenvalue weighted by Crippen LogP contribution is 2.33. The van der Waals surface area contributed by atoms with E-state index >= 15 is 0 Å². The fraction of sp³-hybridized carbons (Fsp3) is 0.188. The number of halogens is 4. The van der Waals surface area contributed by atoms with Gasteiger partial charge in [0.25, 0.3) is 5.91 Å². The number of nitrogens with one attached hydrogen (secondary N) is 1. The monoisotopic (exact) mass is 391 g/mol.